The van der Waals surface area contributed by atoms with Crippen LogP contribution in [0.5, 0.6) is 0 Å². The van der Waals surface area contributed by atoms with Crippen LogP contribution in [-0.2, 0) is 21.4 Å². The van der Waals surface area contributed by atoms with E-state index < -0.39 is 10.0 Å². The fraction of sp³-hybridized carbons (Fsp3) is 0.364. The summed E-state index contributed by atoms with van der Waals surface area (Å²) in [6.07, 6.45) is 1.43. The highest BCUT2D eigenvalue weighted by atomic mass is 32.2. The van der Waals surface area contributed by atoms with Gasteiger partial charge in [-0.25, -0.2) is 13.1 Å². The van der Waals surface area contributed by atoms with E-state index in [4.69, 9.17) is 0 Å². The Kier molecular flexibility index (Phi) is 6.89. The minimum absolute atomic E-state index is 0.109. The maximum absolute atomic E-state index is 12.6. The number of carbonyl (C=O) groups excluding carboxylic acids is 2. The van der Waals surface area contributed by atoms with Gasteiger partial charge in [-0.3, -0.25) is 9.59 Å². The zero-order chi connectivity index (χ0) is 21.7. The van der Waals surface area contributed by atoms with Gasteiger partial charge < -0.3 is 9.80 Å². The number of benzene rings is 2. The highest BCUT2D eigenvalue weighted by Gasteiger charge is 2.21. The lowest BCUT2D eigenvalue weighted by Gasteiger charge is -2.18. The van der Waals surface area contributed by atoms with Crippen molar-refractivity contribution in [2.24, 2.45) is 0 Å². The zero-order valence-electron chi connectivity index (χ0n) is 17.3. The van der Waals surface area contributed by atoms with Crippen molar-refractivity contribution in [3.05, 3.63) is 59.7 Å². The second-order valence-electron chi connectivity index (χ2n) is 7.14. The molecule has 0 saturated carbocycles. The summed E-state index contributed by atoms with van der Waals surface area (Å²) in [7, 11) is -3.71. The normalized spacial score (nSPS) is 14.2. The number of sulfonamides is 1. The van der Waals surface area contributed by atoms with Gasteiger partial charge in [-0.15, -0.1) is 0 Å². The Morgan fingerprint density at radius 1 is 1.03 bits per heavy atom. The standard InChI is InChI=1S/C22H27N3O4S/c1-3-24(4-2)22(27)18-9-13-20(14-10-18)30(28,29)23-16-17-7-11-19(12-8-17)25-15-5-6-21(25)26/h7-14,23H,3-6,15-16H2,1-2H3. The number of anilines is 1. The lowest BCUT2D eigenvalue weighted by atomic mass is 10.2. The number of rotatable bonds is 8. The Balaban J connectivity index is 1.63. The van der Waals surface area contributed by atoms with Crippen molar-refractivity contribution in [2.45, 2.75) is 38.1 Å². The second kappa shape index (κ2) is 9.40. The van der Waals surface area contributed by atoms with Crippen LogP contribution >= 0.6 is 0 Å². The SMILES string of the molecule is CCN(CC)C(=O)c1ccc(S(=O)(=O)NCc2ccc(N3CCCC3=O)cc2)cc1. The van der Waals surface area contributed by atoms with Crippen LogP contribution < -0.4 is 9.62 Å². The summed E-state index contributed by atoms with van der Waals surface area (Å²) in [5, 5.41) is 0. The van der Waals surface area contributed by atoms with Gasteiger partial charge in [-0.2, -0.15) is 0 Å². The summed E-state index contributed by atoms with van der Waals surface area (Å²) in [6, 6.07) is 13.3. The lowest BCUT2D eigenvalue weighted by molar-refractivity contribution is -0.117. The Bertz CT molecular complexity index is 998. The molecular weight excluding hydrogens is 402 g/mol. The van der Waals surface area contributed by atoms with Crippen LogP contribution in [0.1, 0.15) is 42.6 Å². The highest BCUT2D eigenvalue weighted by molar-refractivity contribution is 7.89. The predicted octanol–water partition coefficient (Wildman–Crippen LogP) is 2.77. The van der Waals surface area contributed by atoms with Crippen LogP contribution in [0.25, 0.3) is 0 Å². The van der Waals surface area contributed by atoms with Gasteiger partial charge in [-0.05, 0) is 62.2 Å². The average molecular weight is 430 g/mol. The minimum atomic E-state index is -3.71. The summed E-state index contributed by atoms with van der Waals surface area (Å²) < 4.78 is 27.8. The van der Waals surface area contributed by atoms with E-state index in [2.05, 4.69) is 4.72 Å². The first-order valence-corrected chi connectivity index (χ1v) is 11.6. The van der Waals surface area contributed by atoms with Crippen molar-refractivity contribution in [1.29, 1.82) is 0 Å². The lowest BCUT2D eigenvalue weighted by Crippen LogP contribution is -2.30. The molecule has 0 unspecified atom stereocenters. The number of hydrogen-bond acceptors (Lipinski definition) is 4. The molecular formula is C22H27N3O4S. The fourth-order valence-corrected chi connectivity index (χ4v) is 4.46. The molecule has 0 bridgehead atoms. The third kappa shape index (κ3) is 4.88. The molecule has 7 nitrogen and oxygen atoms in total. The third-order valence-corrected chi connectivity index (χ3v) is 6.67. The molecule has 2 aromatic carbocycles. The quantitative estimate of drug-likeness (QED) is 0.699. The summed E-state index contributed by atoms with van der Waals surface area (Å²) in [6.45, 7) is 5.86. The molecule has 30 heavy (non-hydrogen) atoms. The van der Waals surface area contributed by atoms with Crippen molar-refractivity contribution in [3.63, 3.8) is 0 Å². The van der Waals surface area contributed by atoms with Crippen molar-refractivity contribution in [3.8, 4) is 0 Å². The molecule has 0 radical (unpaired) electrons. The van der Waals surface area contributed by atoms with Crippen molar-refractivity contribution >= 4 is 27.5 Å². The Hall–Kier alpha value is -2.71. The van der Waals surface area contributed by atoms with Gasteiger partial charge in [-0.1, -0.05) is 12.1 Å². The van der Waals surface area contributed by atoms with Gasteiger partial charge in [0.1, 0.15) is 0 Å². The maximum atomic E-state index is 12.6. The summed E-state index contributed by atoms with van der Waals surface area (Å²) >= 11 is 0. The van der Waals surface area contributed by atoms with Crippen LogP contribution in [0.2, 0.25) is 0 Å². The first-order chi connectivity index (χ1) is 14.4. The number of carbonyl (C=O) groups is 2. The van der Waals surface area contributed by atoms with Crippen LogP contribution in [0.15, 0.2) is 53.4 Å². The van der Waals surface area contributed by atoms with E-state index in [9.17, 15) is 18.0 Å². The predicted molar refractivity (Wildman–Crippen MR) is 116 cm³/mol. The molecule has 3 rings (SSSR count). The molecule has 1 saturated heterocycles. The Morgan fingerprint density at radius 2 is 1.67 bits per heavy atom. The molecule has 0 aromatic heterocycles. The van der Waals surface area contributed by atoms with Gasteiger partial charge in [0, 0.05) is 43.9 Å². The van der Waals surface area contributed by atoms with Crippen LogP contribution in [0, 0.1) is 0 Å². The Labute approximate surface area is 177 Å². The average Bonchev–Trinajstić information content (AvgIpc) is 3.19. The van der Waals surface area contributed by atoms with Crippen LogP contribution in [0.4, 0.5) is 5.69 Å². The van der Waals surface area contributed by atoms with E-state index in [1.165, 1.54) is 24.3 Å². The van der Waals surface area contributed by atoms with Gasteiger partial charge in [0.2, 0.25) is 15.9 Å². The smallest absolute Gasteiger partial charge is 0.253 e. The summed E-state index contributed by atoms with van der Waals surface area (Å²) in [5.41, 5.74) is 2.09. The first-order valence-electron chi connectivity index (χ1n) is 10.1. The molecule has 1 aliphatic rings. The Morgan fingerprint density at radius 3 is 2.20 bits per heavy atom. The molecule has 0 atom stereocenters. The molecule has 1 fully saturated rings. The van der Waals surface area contributed by atoms with Crippen LogP contribution in [0.3, 0.4) is 0 Å². The zero-order valence-corrected chi connectivity index (χ0v) is 18.1. The molecule has 8 heteroatoms. The van der Waals surface area contributed by atoms with Crippen LogP contribution in [-0.4, -0.2) is 44.8 Å². The van der Waals surface area contributed by atoms with Crippen molar-refractivity contribution in [1.82, 2.24) is 9.62 Å². The summed E-state index contributed by atoms with van der Waals surface area (Å²) in [4.78, 5) is 27.7. The van der Waals surface area contributed by atoms with E-state index in [0.29, 0.717) is 25.1 Å². The van der Waals surface area contributed by atoms with Gasteiger partial charge in [0.05, 0.1) is 4.90 Å². The third-order valence-electron chi connectivity index (χ3n) is 5.25. The summed E-state index contributed by atoms with van der Waals surface area (Å²) in [5.74, 6) is -0.000133. The maximum Gasteiger partial charge on any atom is 0.253 e. The number of nitrogens with zero attached hydrogens (tertiary/aromatic N) is 2. The second-order valence-corrected chi connectivity index (χ2v) is 8.91. The molecule has 0 spiro atoms. The van der Waals surface area contributed by atoms with E-state index >= 15 is 0 Å². The number of hydrogen-bond donors (Lipinski definition) is 1. The largest absolute Gasteiger partial charge is 0.339 e. The van der Waals surface area contributed by atoms with Gasteiger partial charge >= 0.3 is 0 Å². The number of nitrogens with one attached hydrogen (secondary N) is 1. The monoisotopic (exact) mass is 429 g/mol. The minimum Gasteiger partial charge on any atom is -0.339 e. The molecule has 2 amide bonds. The molecule has 0 aliphatic carbocycles. The van der Waals surface area contributed by atoms with Gasteiger partial charge in [0.15, 0.2) is 0 Å². The van der Waals surface area contributed by atoms with E-state index in [1.54, 1.807) is 9.80 Å². The van der Waals surface area contributed by atoms with Crippen molar-refractivity contribution < 1.29 is 18.0 Å². The van der Waals surface area contributed by atoms with E-state index in [1.807, 2.05) is 38.1 Å². The molecule has 1 N–H and O–H groups in total. The van der Waals surface area contributed by atoms with E-state index in [-0.39, 0.29) is 23.3 Å². The first kappa shape index (κ1) is 22.0. The van der Waals surface area contributed by atoms with Gasteiger partial charge in [0.25, 0.3) is 5.91 Å². The fourth-order valence-electron chi connectivity index (χ4n) is 3.45. The molecule has 1 aliphatic heterocycles. The molecule has 2 aromatic rings. The molecule has 1 heterocycles. The highest BCUT2D eigenvalue weighted by Crippen LogP contribution is 2.22. The van der Waals surface area contributed by atoms with E-state index in [0.717, 1.165) is 24.2 Å². The number of amides is 2. The van der Waals surface area contributed by atoms with Crippen molar-refractivity contribution in [2.75, 3.05) is 24.5 Å². The molecule has 160 valence electrons. The topological polar surface area (TPSA) is 86.8 Å².